The van der Waals surface area contributed by atoms with Crippen molar-refractivity contribution in [2.75, 3.05) is 37.8 Å². The van der Waals surface area contributed by atoms with Crippen LogP contribution in [0.15, 0.2) is 36.5 Å². The van der Waals surface area contributed by atoms with Crippen molar-refractivity contribution in [1.29, 1.82) is 5.26 Å². The van der Waals surface area contributed by atoms with Crippen molar-refractivity contribution in [3.05, 3.63) is 47.8 Å². The van der Waals surface area contributed by atoms with Gasteiger partial charge in [0.25, 0.3) is 5.91 Å². The Kier molecular flexibility index (Phi) is 6.23. The Labute approximate surface area is 141 Å². The fraction of sp³-hybridized carbons (Fsp3) is 0.294. The van der Waals surface area contributed by atoms with E-state index >= 15 is 0 Å². The molecule has 0 bridgehead atoms. The number of hydrogen-bond acceptors (Lipinski definition) is 6. The minimum Gasteiger partial charge on any atom is -0.354 e. The SMILES string of the molecule is CN(C)CCCNc1nccc(C(=O)Nc2ccc(C#N)cc2)n1. The van der Waals surface area contributed by atoms with Crippen molar-refractivity contribution in [2.24, 2.45) is 0 Å². The molecule has 0 spiro atoms. The first-order chi connectivity index (χ1) is 11.6. The lowest BCUT2D eigenvalue weighted by atomic mass is 10.2. The normalized spacial score (nSPS) is 10.2. The Morgan fingerprint density at radius 3 is 2.67 bits per heavy atom. The number of hydrogen-bond donors (Lipinski definition) is 2. The Bertz CT molecular complexity index is 721. The Hall–Kier alpha value is -2.98. The fourth-order valence-electron chi connectivity index (χ4n) is 1.99. The molecule has 24 heavy (non-hydrogen) atoms. The van der Waals surface area contributed by atoms with Gasteiger partial charge in [-0.1, -0.05) is 0 Å². The van der Waals surface area contributed by atoms with Gasteiger partial charge in [-0.25, -0.2) is 9.97 Å². The average molecular weight is 324 g/mol. The van der Waals surface area contributed by atoms with Crippen LogP contribution in [-0.4, -0.2) is 48.0 Å². The summed E-state index contributed by atoms with van der Waals surface area (Å²) in [6.45, 7) is 1.70. The maximum Gasteiger partial charge on any atom is 0.274 e. The average Bonchev–Trinajstić information content (AvgIpc) is 2.59. The molecule has 0 atom stereocenters. The molecule has 1 aromatic heterocycles. The van der Waals surface area contributed by atoms with Crippen LogP contribution in [0, 0.1) is 11.3 Å². The minimum absolute atomic E-state index is 0.282. The molecule has 2 N–H and O–H groups in total. The number of anilines is 2. The molecule has 7 heteroatoms. The highest BCUT2D eigenvalue weighted by molar-refractivity contribution is 6.02. The second kappa shape index (κ2) is 8.60. The van der Waals surface area contributed by atoms with E-state index in [-0.39, 0.29) is 11.6 Å². The summed E-state index contributed by atoms with van der Waals surface area (Å²) in [6, 6.07) is 10.2. The number of carbonyl (C=O) groups excluding carboxylic acids is 1. The van der Waals surface area contributed by atoms with Crippen LogP contribution in [-0.2, 0) is 0 Å². The van der Waals surface area contributed by atoms with E-state index < -0.39 is 0 Å². The second-order valence-electron chi connectivity index (χ2n) is 5.49. The smallest absolute Gasteiger partial charge is 0.274 e. The van der Waals surface area contributed by atoms with Gasteiger partial charge in [-0.2, -0.15) is 5.26 Å². The molecule has 0 unspecified atom stereocenters. The van der Waals surface area contributed by atoms with E-state index in [9.17, 15) is 4.79 Å². The Morgan fingerprint density at radius 2 is 2.00 bits per heavy atom. The highest BCUT2D eigenvalue weighted by atomic mass is 16.1. The predicted octanol–water partition coefficient (Wildman–Crippen LogP) is 1.96. The van der Waals surface area contributed by atoms with E-state index in [1.165, 1.54) is 0 Å². The van der Waals surface area contributed by atoms with E-state index in [1.807, 2.05) is 20.2 Å². The summed E-state index contributed by atoms with van der Waals surface area (Å²) < 4.78 is 0. The third-order valence-electron chi connectivity index (χ3n) is 3.23. The van der Waals surface area contributed by atoms with Gasteiger partial charge in [-0.05, 0) is 57.4 Å². The summed E-state index contributed by atoms with van der Waals surface area (Å²) in [5.74, 6) is 0.111. The summed E-state index contributed by atoms with van der Waals surface area (Å²) in [7, 11) is 4.04. The standard InChI is InChI=1S/C17H20N6O/c1-23(2)11-3-9-19-17-20-10-8-15(22-17)16(24)21-14-6-4-13(12-18)5-7-14/h4-8,10H,3,9,11H2,1-2H3,(H,21,24)(H,19,20,22). The summed E-state index contributed by atoms with van der Waals surface area (Å²) in [6.07, 6.45) is 2.51. The predicted molar refractivity (Wildman–Crippen MR) is 92.8 cm³/mol. The van der Waals surface area contributed by atoms with Gasteiger partial charge in [-0.15, -0.1) is 0 Å². The number of aromatic nitrogens is 2. The molecule has 2 aromatic rings. The van der Waals surface area contributed by atoms with Crippen molar-refractivity contribution >= 4 is 17.5 Å². The van der Waals surface area contributed by atoms with E-state index in [0.717, 1.165) is 19.5 Å². The van der Waals surface area contributed by atoms with Crippen LogP contribution in [0.2, 0.25) is 0 Å². The van der Waals surface area contributed by atoms with Crippen molar-refractivity contribution < 1.29 is 4.79 Å². The number of rotatable bonds is 7. The van der Waals surface area contributed by atoms with Gasteiger partial charge in [-0.3, -0.25) is 4.79 Å². The van der Waals surface area contributed by atoms with Crippen molar-refractivity contribution in [2.45, 2.75) is 6.42 Å². The van der Waals surface area contributed by atoms with Crippen LogP contribution < -0.4 is 10.6 Å². The lowest BCUT2D eigenvalue weighted by Crippen LogP contribution is -2.18. The van der Waals surface area contributed by atoms with E-state index in [4.69, 9.17) is 5.26 Å². The maximum atomic E-state index is 12.2. The van der Waals surface area contributed by atoms with Gasteiger partial charge >= 0.3 is 0 Å². The van der Waals surface area contributed by atoms with E-state index in [1.54, 1.807) is 36.5 Å². The number of nitrogens with zero attached hydrogens (tertiary/aromatic N) is 4. The molecule has 7 nitrogen and oxygen atoms in total. The van der Waals surface area contributed by atoms with Crippen LogP contribution >= 0.6 is 0 Å². The zero-order chi connectivity index (χ0) is 17.4. The molecule has 2 rings (SSSR count). The molecule has 1 heterocycles. The topological polar surface area (TPSA) is 93.9 Å². The van der Waals surface area contributed by atoms with Crippen LogP contribution in [0.5, 0.6) is 0 Å². The van der Waals surface area contributed by atoms with Crippen LogP contribution in [0.1, 0.15) is 22.5 Å². The maximum absolute atomic E-state index is 12.2. The number of carbonyl (C=O) groups is 1. The first kappa shape index (κ1) is 17.4. The van der Waals surface area contributed by atoms with Gasteiger partial charge in [0.2, 0.25) is 5.95 Å². The number of amides is 1. The molecule has 0 aliphatic carbocycles. The number of nitrogens with one attached hydrogen (secondary N) is 2. The van der Waals surface area contributed by atoms with E-state index in [0.29, 0.717) is 17.2 Å². The number of benzene rings is 1. The van der Waals surface area contributed by atoms with Gasteiger partial charge in [0, 0.05) is 18.4 Å². The molecular weight excluding hydrogens is 304 g/mol. The summed E-state index contributed by atoms with van der Waals surface area (Å²) in [4.78, 5) is 22.7. The van der Waals surface area contributed by atoms with Crippen molar-refractivity contribution in [1.82, 2.24) is 14.9 Å². The third kappa shape index (κ3) is 5.34. The van der Waals surface area contributed by atoms with Gasteiger partial charge in [0.05, 0.1) is 11.6 Å². The summed E-state index contributed by atoms with van der Waals surface area (Å²) >= 11 is 0. The molecule has 1 amide bonds. The van der Waals surface area contributed by atoms with Crippen LogP contribution in [0.25, 0.3) is 0 Å². The first-order valence-corrected chi connectivity index (χ1v) is 7.61. The first-order valence-electron chi connectivity index (χ1n) is 7.61. The highest BCUT2D eigenvalue weighted by Gasteiger charge is 2.09. The molecule has 0 saturated heterocycles. The lowest BCUT2D eigenvalue weighted by Gasteiger charge is -2.10. The molecule has 0 radical (unpaired) electrons. The highest BCUT2D eigenvalue weighted by Crippen LogP contribution is 2.10. The van der Waals surface area contributed by atoms with Crippen LogP contribution in [0.3, 0.4) is 0 Å². The molecular formula is C17H20N6O. The van der Waals surface area contributed by atoms with Crippen molar-refractivity contribution in [3.8, 4) is 6.07 Å². The minimum atomic E-state index is -0.321. The molecule has 0 aliphatic rings. The van der Waals surface area contributed by atoms with Crippen LogP contribution in [0.4, 0.5) is 11.6 Å². The van der Waals surface area contributed by atoms with Crippen molar-refractivity contribution in [3.63, 3.8) is 0 Å². The zero-order valence-electron chi connectivity index (χ0n) is 13.8. The monoisotopic (exact) mass is 324 g/mol. The van der Waals surface area contributed by atoms with Gasteiger partial charge in [0.15, 0.2) is 0 Å². The van der Waals surface area contributed by atoms with Gasteiger partial charge in [0.1, 0.15) is 5.69 Å². The second-order valence-corrected chi connectivity index (χ2v) is 5.49. The third-order valence-corrected chi connectivity index (χ3v) is 3.23. The lowest BCUT2D eigenvalue weighted by molar-refractivity contribution is 0.102. The molecule has 0 aliphatic heterocycles. The fourth-order valence-corrected chi connectivity index (χ4v) is 1.99. The van der Waals surface area contributed by atoms with E-state index in [2.05, 4.69) is 25.5 Å². The van der Waals surface area contributed by atoms with Gasteiger partial charge < -0.3 is 15.5 Å². The Morgan fingerprint density at radius 1 is 1.25 bits per heavy atom. The Balaban J connectivity index is 1.94. The largest absolute Gasteiger partial charge is 0.354 e. The molecule has 124 valence electrons. The number of nitriles is 1. The molecule has 1 aromatic carbocycles. The molecule has 0 saturated carbocycles. The molecule has 0 fully saturated rings. The quantitative estimate of drug-likeness (QED) is 0.756. The zero-order valence-corrected chi connectivity index (χ0v) is 13.8. The summed E-state index contributed by atoms with van der Waals surface area (Å²) in [5, 5.41) is 14.6. The summed E-state index contributed by atoms with van der Waals surface area (Å²) in [5.41, 5.74) is 1.43.